The summed E-state index contributed by atoms with van der Waals surface area (Å²) in [6.45, 7) is 7.30. The Labute approximate surface area is 233 Å². The molecule has 5 atom stereocenters. The Bertz CT molecular complexity index is 1030. The molecule has 0 radical (unpaired) electrons. The predicted octanol–water partition coefficient (Wildman–Crippen LogP) is 4.90. The molecule has 0 spiro atoms. The lowest BCUT2D eigenvalue weighted by Gasteiger charge is -2.36. The third kappa shape index (κ3) is 7.26. The van der Waals surface area contributed by atoms with Crippen LogP contribution in [0.2, 0.25) is 0 Å². The Hall–Kier alpha value is -2.32. The highest BCUT2D eigenvalue weighted by Crippen LogP contribution is 2.35. The molecule has 214 valence electrons. The van der Waals surface area contributed by atoms with E-state index in [2.05, 4.69) is 59.6 Å². The minimum Gasteiger partial charge on any atom is -0.490 e. The van der Waals surface area contributed by atoms with Crippen LogP contribution in [0.1, 0.15) is 62.5 Å². The van der Waals surface area contributed by atoms with Crippen LogP contribution in [-0.4, -0.2) is 69.9 Å². The molecule has 2 aromatic rings. The number of methoxy groups -OCH3 is 1. The first-order chi connectivity index (χ1) is 19.1. The first-order valence-electron chi connectivity index (χ1n) is 14.9. The van der Waals surface area contributed by atoms with Crippen molar-refractivity contribution in [3.63, 3.8) is 0 Å². The van der Waals surface area contributed by atoms with Crippen molar-refractivity contribution in [3.05, 3.63) is 53.6 Å². The number of nitrogens with one attached hydrogen (secondary N) is 1. The van der Waals surface area contributed by atoms with E-state index >= 15 is 0 Å². The van der Waals surface area contributed by atoms with Gasteiger partial charge in [0, 0.05) is 39.3 Å². The molecule has 7 heteroatoms. The number of nitrogens with zero attached hydrogens (tertiary/aromatic N) is 1. The number of aliphatic hydroxyl groups excluding tert-OH is 1. The van der Waals surface area contributed by atoms with Crippen LogP contribution in [0.4, 0.5) is 5.69 Å². The van der Waals surface area contributed by atoms with E-state index in [0.29, 0.717) is 32.4 Å². The summed E-state index contributed by atoms with van der Waals surface area (Å²) in [7, 11) is 1.74. The van der Waals surface area contributed by atoms with E-state index in [9.17, 15) is 5.11 Å². The molecule has 39 heavy (non-hydrogen) atoms. The van der Waals surface area contributed by atoms with E-state index in [1.165, 1.54) is 19.3 Å². The van der Waals surface area contributed by atoms with Gasteiger partial charge in [0.1, 0.15) is 18.1 Å². The van der Waals surface area contributed by atoms with E-state index < -0.39 is 6.10 Å². The number of β-amino-alcohol motifs (C(OH)–C–C–N with tert-alkyl or cyclic N) is 1. The second kappa shape index (κ2) is 13.8. The van der Waals surface area contributed by atoms with Crippen LogP contribution >= 0.6 is 0 Å². The lowest BCUT2D eigenvalue weighted by Crippen LogP contribution is -2.49. The minimum absolute atomic E-state index is 0.0917. The van der Waals surface area contributed by atoms with Gasteiger partial charge in [-0.3, -0.25) is 0 Å². The average Bonchev–Trinajstić information content (AvgIpc) is 2.97. The Morgan fingerprint density at radius 1 is 1.10 bits per heavy atom. The number of benzene rings is 2. The number of hydrogen-bond donors (Lipinski definition) is 2. The van der Waals surface area contributed by atoms with Crippen LogP contribution in [0.5, 0.6) is 11.5 Å². The third-order valence-corrected chi connectivity index (χ3v) is 8.62. The van der Waals surface area contributed by atoms with Gasteiger partial charge in [-0.15, -0.1) is 0 Å². The predicted molar refractivity (Wildman–Crippen MR) is 154 cm³/mol. The standard InChI is InChI=1S/C32H46N2O5/c1-3-23-6-4-7-27(18-23)39-26-11-9-25(10-12-26)32-29(35)20-33-21-31(32)38-22-24-8-13-30-28(19-24)34(15-17-37-30)14-5-16-36-2/h8-13,19,23,27,29,31-33,35H,3-7,14-18,20-22H2,1-2H3/t23?,27?,29?,31?,32-/m0/s1. The van der Waals surface area contributed by atoms with Gasteiger partial charge in [0.2, 0.25) is 0 Å². The third-order valence-electron chi connectivity index (χ3n) is 8.62. The van der Waals surface area contributed by atoms with Gasteiger partial charge < -0.3 is 34.3 Å². The molecule has 0 aromatic heterocycles. The molecule has 1 saturated carbocycles. The molecule has 2 aliphatic heterocycles. The number of rotatable bonds is 11. The van der Waals surface area contributed by atoms with Crippen molar-refractivity contribution >= 4 is 5.69 Å². The highest BCUT2D eigenvalue weighted by molar-refractivity contribution is 5.61. The molecule has 7 nitrogen and oxygen atoms in total. The Morgan fingerprint density at radius 2 is 1.97 bits per heavy atom. The number of anilines is 1. The minimum atomic E-state index is -0.507. The maximum Gasteiger partial charge on any atom is 0.142 e. The fourth-order valence-corrected chi connectivity index (χ4v) is 6.40. The highest BCUT2D eigenvalue weighted by Gasteiger charge is 2.34. The lowest BCUT2D eigenvalue weighted by atomic mass is 9.85. The maximum atomic E-state index is 11.0. The molecule has 3 aliphatic rings. The molecular formula is C32H46N2O5. The molecule has 1 aliphatic carbocycles. The summed E-state index contributed by atoms with van der Waals surface area (Å²) in [5, 5.41) is 14.3. The second-order valence-electron chi connectivity index (χ2n) is 11.3. The molecule has 5 rings (SSSR count). The van der Waals surface area contributed by atoms with Crippen molar-refractivity contribution in [1.29, 1.82) is 0 Å². The van der Waals surface area contributed by atoms with Crippen molar-refractivity contribution in [1.82, 2.24) is 5.32 Å². The number of fused-ring (bicyclic) bond motifs is 1. The average molecular weight is 539 g/mol. The van der Waals surface area contributed by atoms with Crippen molar-refractivity contribution in [3.8, 4) is 11.5 Å². The van der Waals surface area contributed by atoms with Gasteiger partial charge in [0.15, 0.2) is 0 Å². The number of aliphatic hydroxyl groups is 1. The summed E-state index contributed by atoms with van der Waals surface area (Å²) in [5.41, 5.74) is 3.33. The molecule has 0 amide bonds. The quantitative estimate of drug-likeness (QED) is 0.394. The summed E-state index contributed by atoms with van der Waals surface area (Å²) in [4.78, 5) is 2.37. The van der Waals surface area contributed by atoms with Crippen LogP contribution in [-0.2, 0) is 16.1 Å². The summed E-state index contributed by atoms with van der Waals surface area (Å²) >= 11 is 0. The Kier molecular flexibility index (Phi) is 10.0. The molecule has 2 fully saturated rings. The van der Waals surface area contributed by atoms with Gasteiger partial charge in [-0.2, -0.15) is 0 Å². The van der Waals surface area contributed by atoms with Gasteiger partial charge in [-0.05, 0) is 67.0 Å². The van der Waals surface area contributed by atoms with Gasteiger partial charge in [-0.25, -0.2) is 0 Å². The van der Waals surface area contributed by atoms with Crippen molar-refractivity contribution < 1.29 is 24.1 Å². The normalized spacial score (nSPS) is 27.1. The zero-order valence-electron chi connectivity index (χ0n) is 23.6. The van der Waals surface area contributed by atoms with E-state index in [0.717, 1.165) is 73.2 Å². The molecule has 0 bridgehead atoms. The second-order valence-corrected chi connectivity index (χ2v) is 11.3. The topological polar surface area (TPSA) is 72.4 Å². The van der Waals surface area contributed by atoms with E-state index in [4.69, 9.17) is 18.9 Å². The van der Waals surface area contributed by atoms with Gasteiger partial charge in [0.05, 0.1) is 37.2 Å². The van der Waals surface area contributed by atoms with Crippen LogP contribution in [0.3, 0.4) is 0 Å². The van der Waals surface area contributed by atoms with E-state index in [1.54, 1.807) is 7.11 Å². The maximum absolute atomic E-state index is 11.0. The molecular weight excluding hydrogens is 492 g/mol. The molecule has 2 N–H and O–H groups in total. The zero-order valence-corrected chi connectivity index (χ0v) is 23.6. The number of hydrogen-bond acceptors (Lipinski definition) is 7. The summed E-state index contributed by atoms with van der Waals surface area (Å²) < 4.78 is 24.0. The van der Waals surface area contributed by atoms with E-state index in [-0.39, 0.29) is 12.0 Å². The monoisotopic (exact) mass is 538 g/mol. The number of piperidine rings is 1. The van der Waals surface area contributed by atoms with Gasteiger partial charge in [-0.1, -0.05) is 38.0 Å². The van der Waals surface area contributed by atoms with Crippen molar-refractivity contribution in [2.75, 3.05) is 51.4 Å². The van der Waals surface area contributed by atoms with E-state index in [1.807, 2.05) is 0 Å². The Balaban J connectivity index is 1.22. The smallest absolute Gasteiger partial charge is 0.142 e. The Morgan fingerprint density at radius 3 is 2.79 bits per heavy atom. The van der Waals surface area contributed by atoms with Crippen molar-refractivity contribution in [2.24, 2.45) is 5.92 Å². The van der Waals surface area contributed by atoms with Gasteiger partial charge in [0.25, 0.3) is 0 Å². The molecule has 1 saturated heterocycles. The number of ether oxygens (including phenoxy) is 4. The first-order valence-corrected chi connectivity index (χ1v) is 14.9. The zero-order chi connectivity index (χ0) is 27.0. The highest BCUT2D eigenvalue weighted by atomic mass is 16.5. The first kappa shape index (κ1) is 28.2. The lowest BCUT2D eigenvalue weighted by molar-refractivity contribution is -0.0328. The molecule has 2 heterocycles. The van der Waals surface area contributed by atoms with Crippen LogP contribution < -0.4 is 19.7 Å². The summed E-state index contributed by atoms with van der Waals surface area (Å²) in [5.74, 6) is 2.54. The van der Waals surface area contributed by atoms with Crippen LogP contribution in [0.15, 0.2) is 42.5 Å². The van der Waals surface area contributed by atoms with Crippen LogP contribution in [0.25, 0.3) is 0 Å². The van der Waals surface area contributed by atoms with Crippen LogP contribution in [0, 0.1) is 5.92 Å². The van der Waals surface area contributed by atoms with Gasteiger partial charge >= 0.3 is 0 Å². The molecule has 4 unspecified atom stereocenters. The largest absolute Gasteiger partial charge is 0.490 e. The fourth-order valence-electron chi connectivity index (χ4n) is 6.40. The SMILES string of the molecule is CCC1CCCC(Oc2ccc([C@H]3C(O)CNCC3OCc3ccc4c(c3)N(CCCOC)CCO4)cc2)C1. The summed E-state index contributed by atoms with van der Waals surface area (Å²) in [6.07, 6.45) is 6.77. The van der Waals surface area contributed by atoms with Crippen molar-refractivity contribution in [2.45, 2.75) is 76.3 Å². The molecule has 2 aromatic carbocycles. The fraction of sp³-hybridized carbons (Fsp3) is 0.625. The summed E-state index contributed by atoms with van der Waals surface area (Å²) in [6, 6.07) is 14.7.